The highest BCUT2D eigenvalue weighted by Crippen LogP contribution is 2.10. The van der Waals surface area contributed by atoms with Gasteiger partial charge in [0.25, 0.3) is 0 Å². The summed E-state index contributed by atoms with van der Waals surface area (Å²) in [6.07, 6.45) is 3.28. The smallest absolute Gasteiger partial charge is 0.152 e. The van der Waals surface area contributed by atoms with Crippen molar-refractivity contribution in [1.29, 1.82) is 0 Å². The van der Waals surface area contributed by atoms with Crippen LogP contribution < -0.4 is 11.1 Å². The lowest BCUT2D eigenvalue weighted by atomic mass is 10.3. The third-order valence-corrected chi connectivity index (χ3v) is 1.72. The summed E-state index contributed by atoms with van der Waals surface area (Å²) >= 11 is 0. The van der Waals surface area contributed by atoms with Crippen molar-refractivity contribution in [2.45, 2.75) is 19.4 Å². The third-order valence-electron chi connectivity index (χ3n) is 1.72. The van der Waals surface area contributed by atoms with E-state index >= 15 is 0 Å². The van der Waals surface area contributed by atoms with E-state index in [0.717, 1.165) is 0 Å². The molecule has 0 saturated heterocycles. The van der Waals surface area contributed by atoms with Crippen molar-refractivity contribution in [2.75, 3.05) is 17.6 Å². The van der Waals surface area contributed by atoms with Crippen LogP contribution in [0.25, 0.3) is 0 Å². The number of aliphatic hydroxyl groups excluding tert-OH is 1. The molecule has 4 N–H and O–H groups in total. The van der Waals surface area contributed by atoms with Gasteiger partial charge in [0.15, 0.2) is 5.82 Å². The predicted octanol–water partition coefficient (Wildman–Crippen LogP) is 0.242. The Bertz CT molecular complexity index is 266. The summed E-state index contributed by atoms with van der Waals surface area (Å²) in [5, 5.41) is 12.2. The highest BCUT2D eigenvalue weighted by molar-refractivity contribution is 5.58. The minimum atomic E-state index is -0.366. The number of nitrogens with two attached hydrogens (primary N) is 1. The molecule has 0 aliphatic heterocycles. The third kappa shape index (κ3) is 2.87. The Labute approximate surface area is 77.0 Å². The molecule has 0 fully saturated rings. The molecule has 1 atom stereocenters. The Morgan fingerprint density at radius 2 is 2.46 bits per heavy atom. The van der Waals surface area contributed by atoms with Crippen molar-refractivity contribution >= 4 is 11.5 Å². The van der Waals surface area contributed by atoms with Gasteiger partial charge >= 0.3 is 0 Å². The van der Waals surface area contributed by atoms with Crippen LogP contribution in [0.2, 0.25) is 0 Å². The fourth-order valence-electron chi connectivity index (χ4n) is 0.847. The lowest BCUT2D eigenvalue weighted by molar-refractivity contribution is 0.183. The number of nitrogen functional groups attached to an aromatic ring is 1. The van der Waals surface area contributed by atoms with Crippen LogP contribution in [0.4, 0.5) is 11.5 Å². The van der Waals surface area contributed by atoms with Gasteiger partial charge in [-0.1, -0.05) is 6.92 Å². The molecule has 0 aliphatic carbocycles. The minimum Gasteiger partial charge on any atom is -0.394 e. The zero-order valence-electron chi connectivity index (χ0n) is 7.57. The summed E-state index contributed by atoms with van der Waals surface area (Å²) in [7, 11) is 0. The lowest BCUT2D eigenvalue weighted by Gasteiger charge is -2.10. The average Bonchev–Trinajstić information content (AvgIpc) is 2.16. The molecule has 0 aromatic carbocycles. The fraction of sp³-hybridized carbons (Fsp3) is 0.500. The van der Waals surface area contributed by atoms with E-state index in [1.165, 1.54) is 12.5 Å². The van der Waals surface area contributed by atoms with Crippen molar-refractivity contribution in [3.63, 3.8) is 0 Å². The highest BCUT2D eigenvalue weighted by Gasteiger charge is 2.02. The Balaban J connectivity index is 2.50. The molecule has 0 bridgehead atoms. The second kappa shape index (κ2) is 4.61. The van der Waals surface area contributed by atoms with E-state index in [1.807, 2.05) is 6.92 Å². The van der Waals surface area contributed by atoms with Gasteiger partial charge in [-0.15, -0.1) is 0 Å². The molecule has 0 radical (unpaired) electrons. The molecule has 5 heteroatoms. The number of rotatable bonds is 4. The zero-order chi connectivity index (χ0) is 9.68. The normalized spacial score (nSPS) is 12.5. The van der Waals surface area contributed by atoms with E-state index in [0.29, 0.717) is 24.5 Å². The number of nitrogens with zero attached hydrogens (tertiary/aromatic N) is 2. The number of hydrogen-bond acceptors (Lipinski definition) is 5. The standard InChI is InChI=1S/C8H14N4O/c1-2-6(13)3-11-8-7(9)4-10-5-12-8/h4-6,13H,2-3,9H2,1H3,(H,10,11,12). The number of aromatic nitrogens is 2. The molecule has 0 saturated carbocycles. The fourth-order valence-corrected chi connectivity index (χ4v) is 0.847. The van der Waals surface area contributed by atoms with Gasteiger partial charge in [-0.25, -0.2) is 9.97 Å². The molecule has 1 rings (SSSR count). The second-order valence-corrected chi connectivity index (χ2v) is 2.77. The molecule has 0 aliphatic rings. The first-order chi connectivity index (χ1) is 6.24. The van der Waals surface area contributed by atoms with Crippen LogP contribution in [0, 0.1) is 0 Å². The lowest BCUT2D eigenvalue weighted by Crippen LogP contribution is -2.19. The molecular formula is C8H14N4O. The van der Waals surface area contributed by atoms with E-state index in [-0.39, 0.29) is 6.10 Å². The SMILES string of the molecule is CCC(O)CNc1ncncc1N. The van der Waals surface area contributed by atoms with Crippen LogP contribution in [0.1, 0.15) is 13.3 Å². The molecule has 1 heterocycles. The van der Waals surface area contributed by atoms with Gasteiger partial charge in [-0.3, -0.25) is 0 Å². The van der Waals surface area contributed by atoms with E-state index in [4.69, 9.17) is 5.73 Å². The zero-order valence-corrected chi connectivity index (χ0v) is 7.57. The molecule has 0 spiro atoms. The molecule has 5 nitrogen and oxygen atoms in total. The van der Waals surface area contributed by atoms with E-state index in [9.17, 15) is 5.11 Å². The van der Waals surface area contributed by atoms with Crippen LogP contribution in [0.3, 0.4) is 0 Å². The first kappa shape index (κ1) is 9.73. The number of nitrogens with one attached hydrogen (secondary N) is 1. The maximum absolute atomic E-state index is 9.26. The number of aliphatic hydroxyl groups is 1. The van der Waals surface area contributed by atoms with E-state index in [1.54, 1.807) is 0 Å². The monoisotopic (exact) mass is 182 g/mol. The highest BCUT2D eigenvalue weighted by atomic mass is 16.3. The van der Waals surface area contributed by atoms with Crippen LogP contribution in [-0.2, 0) is 0 Å². The van der Waals surface area contributed by atoms with Crippen LogP contribution >= 0.6 is 0 Å². The van der Waals surface area contributed by atoms with Gasteiger partial charge in [0.1, 0.15) is 6.33 Å². The number of hydrogen-bond donors (Lipinski definition) is 3. The Kier molecular flexibility index (Phi) is 3.45. The van der Waals surface area contributed by atoms with Gasteiger partial charge in [0, 0.05) is 6.54 Å². The van der Waals surface area contributed by atoms with Crippen LogP contribution in [-0.4, -0.2) is 27.7 Å². The summed E-state index contributed by atoms with van der Waals surface area (Å²) in [4.78, 5) is 7.68. The van der Waals surface area contributed by atoms with E-state index in [2.05, 4.69) is 15.3 Å². The topological polar surface area (TPSA) is 84.1 Å². The second-order valence-electron chi connectivity index (χ2n) is 2.77. The Morgan fingerprint density at radius 3 is 3.08 bits per heavy atom. The van der Waals surface area contributed by atoms with Crippen molar-refractivity contribution in [1.82, 2.24) is 9.97 Å². The molecule has 1 unspecified atom stereocenters. The molecule has 1 aromatic heterocycles. The van der Waals surface area contributed by atoms with Gasteiger partial charge < -0.3 is 16.2 Å². The van der Waals surface area contributed by atoms with Crippen LogP contribution in [0.5, 0.6) is 0 Å². The minimum absolute atomic E-state index is 0.366. The molecule has 72 valence electrons. The van der Waals surface area contributed by atoms with Crippen molar-refractivity contribution < 1.29 is 5.11 Å². The molecular weight excluding hydrogens is 168 g/mol. The summed E-state index contributed by atoms with van der Waals surface area (Å²) in [6.45, 7) is 2.37. The largest absolute Gasteiger partial charge is 0.394 e. The van der Waals surface area contributed by atoms with Crippen molar-refractivity contribution in [2.24, 2.45) is 0 Å². The van der Waals surface area contributed by atoms with Crippen molar-refractivity contribution in [3.05, 3.63) is 12.5 Å². The van der Waals surface area contributed by atoms with Gasteiger partial charge in [0.05, 0.1) is 18.0 Å². The Hall–Kier alpha value is -1.36. The molecule has 0 amide bonds. The first-order valence-electron chi connectivity index (χ1n) is 4.21. The number of anilines is 2. The summed E-state index contributed by atoms with van der Waals surface area (Å²) in [6, 6.07) is 0. The maximum Gasteiger partial charge on any atom is 0.152 e. The Morgan fingerprint density at radius 1 is 1.69 bits per heavy atom. The first-order valence-corrected chi connectivity index (χ1v) is 4.21. The van der Waals surface area contributed by atoms with Gasteiger partial charge in [0.2, 0.25) is 0 Å². The van der Waals surface area contributed by atoms with Crippen LogP contribution in [0.15, 0.2) is 12.5 Å². The average molecular weight is 182 g/mol. The molecule has 1 aromatic rings. The predicted molar refractivity (Wildman–Crippen MR) is 51.2 cm³/mol. The quantitative estimate of drug-likeness (QED) is 0.621. The van der Waals surface area contributed by atoms with Crippen molar-refractivity contribution in [3.8, 4) is 0 Å². The van der Waals surface area contributed by atoms with Gasteiger partial charge in [-0.2, -0.15) is 0 Å². The van der Waals surface area contributed by atoms with Gasteiger partial charge in [-0.05, 0) is 6.42 Å². The summed E-state index contributed by atoms with van der Waals surface area (Å²) < 4.78 is 0. The summed E-state index contributed by atoms with van der Waals surface area (Å²) in [5.41, 5.74) is 6.07. The summed E-state index contributed by atoms with van der Waals surface area (Å²) in [5.74, 6) is 0.572. The maximum atomic E-state index is 9.26. The van der Waals surface area contributed by atoms with E-state index < -0.39 is 0 Å². The molecule has 13 heavy (non-hydrogen) atoms.